The number of thiazole rings is 1. The van der Waals surface area contributed by atoms with E-state index in [0.717, 1.165) is 21.8 Å². The van der Waals surface area contributed by atoms with Gasteiger partial charge >= 0.3 is 0 Å². The van der Waals surface area contributed by atoms with Gasteiger partial charge in [0.05, 0.1) is 21.6 Å². The van der Waals surface area contributed by atoms with E-state index in [-0.39, 0.29) is 18.0 Å². The molecule has 29 heavy (non-hydrogen) atoms. The van der Waals surface area contributed by atoms with Crippen molar-refractivity contribution < 1.29 is 4.79 Å². The fraction of sp³-hybridized carbons (Fsp3) is 0.182. The number of para-hydroxylation sites is 1. The molecular weight excluding hydrogens is 384 g/mol. The van der Waals surface area contributed by atoms with Crippen LogP contribution in [0.2, 0.25) is 0 Å². The molecule has 2 heterocycles. The second kappa shape index (κ2) is 7.97. The fourth-order valence-corrected chi connectivity index (χ4v) is 3.78. The van der Waals surface area contributed by atoms with E-state index in [2.05, 4.69) is 15.3 Å². The summed E-state index contributed by atoms with van der Waals surface area (Å²) in [4.78, 5) is 34.0. The number of nitrogens with one attached hydrogen (secondary N) is 1. The zero-order chi connectivity index (χ0) is 20.4. The molecule has 0 aliphatic heterocycles. The van der Waals surface area contributed by atoms with Gasteiger partial charge in [0.2, 0.25) is 5.91 Å². The number of hydrogen-bond donors (Lipinski definition) is 1. The summed E-state index contributed by atoms with van der Waals surface area (Å²) in [5.41, 5.74) is 3.43. The molecular formula is C22H20N4O2S. The average Bonchev–Trinajstić information content (AvgIpc) is 3.16. The summed E-state index contributed by atoms with van der Waals surface area (Å²) in [6, 6.07) is 15.1. The first kappa shape index (κ1) is 19.0. The van der Waals surface area contributed by atoms with Crippen LogP contribution in [0.1, 0.15) is 16.4 Å². The highest BCUT2D eigenvalue weighted by atomic mass is 32.1. The number of carbonyl (C=O) groups is 1. The van der Waals surface area contributed by atoms with Crippen molar-refractivity contribution in [2.45, 2.75) is 26.9 Å². The standard InChI is InChI=1S/C22H20N4O2S/c1-14-24-19-6-4-3-5-18(19)22(28)26(14)12-21(27)23-11-16-7-9-17(10-8-16)20-13-29-15(2)25-20/h3-10,13H,11-12H2,1-2H3,(H,23,27). The first-order valence-electron chi connectivity index (χ1n) is 9.25. The number of rotatable bonds is 5. The van der Waals surface area contributed by atoms with Gasteiger partial charge in [0.25, 0.3) is 5.56 Å². The van der Waals surface area contributed by atoms with E-state index in [4.69, 9.17) is 0 Å². The molecule has 7 heteroatoms. The van der Waals surface area contributed by atoms with Gasteiger partial charge in [0.15, 0.2) is 0 Å². The maximum atomic E-state index is 12.7. The summed E-state index contributed by atoms with van der Waals surface area (Å²) in [7, 11) is 0. The topological polar surface area (TPSA) is 76.9 Å². The minimum atomic E-state index is -0.230. The van der Waals surface area contributed by atoms with Crippen molar-refractivity contribution in [3.63, 3.8) is 0 Å². The lowest BCUT2D eigenvalue weighted by Crippen LogP contribution is -2.33. The van der Waals surface area contributed by atoms with E-state index < -0.39 is 0 Å². The van der Waals surface area contributed by atoms with Gasteiger partial charge in [-0.05, 0) is 31.5 Å². The van der Waals surface area contributed by atoms with Crippen LogP contribution in [0.4, 0.5) is 0 Å². The number of aryl methyl sites for hydroxylation is 2. The third-order valence-corrected chi connectivity index (χ3v) is 5.49. The molecule has 2 aromatic carbocycles. The maximum absolute atomic E-state index is 12.7. The van der Waals surface area contributed by atoms with Gasteiger partial charge in [-0.2, -0.15) is 0 Å². The van der Waals surface area contributed by atoms with Gasteiger partial charge in [-0.3, -0.25) is 14.2 Å². The van der Waals surface area contributed by atoms with Crippen LogP contribution in [0.5, 0.6) is 0 Å². The van der Waals surface area contributed by atoms with Crippen molar-refractivity contribution in [1.29, 1.82) is 0 Å². The normalized spacial score (nSPS) is 11.0. The number of nitrogens with zero attached hydrogens (tertiary/aromatic N) is 3. The minimum absolute atomic E-state index is 0.0569. The Bertz CT molecular complexity index is 1240. The number of amides is 1. The first-order chi connectivity index (χ1) is 14.0. The van der Waals surface area contributed by atoms with Crippen molar-refractivity contribution in [1.82, 2.24) is 19.9 Å². The van der Waals surface area contributed by atoms with Crippen LogP contribution in [-0.2, 0) is 17.9 Å². The van der Waals surface area contributed by atoms with Crippen LogP contribution >= 0.6 is 11.3 Å². The summed E-state index contributed by atoms with van der Waals surface area (Å²) in [5, 5.41) is 6.45. The lowest BCUT2D eigenvalue weighted by atomic mass is 10.1. The van der Waals surface area contributed by atoms with Crippen LogP contribution < -0.4 is 10.9 Å². The second-order valence-electron chi connectivity index (χ2n) is 6.79. The molecule has 0 fully saturated rings. The molecule has 2 aromatic heterocycles. The van der Waals surface area contributed by atoms with Crippen molar-refractivity contribution in [3.05, 3.63) is 80.7 Å². The number of carbonyl (C=O) groups excluding carboxylic acids is 1. The van der Waals surface area contributed by atoms with Gasteiger partial charge in [0, 0.05) is 17.5 Å². The Balaban J connectivity index is 1.43. The molecule has 1 N–H and O–H groups in total. The SMILES string of the molecule is Cc1nc(-c2ccc(CNC(=O)Cn3c(C)nc4ccccc4c3=O)cc2)cs1. The minimum Gasteiger partial charge on any atom is -0.350 e. The van der Waals surface area contributed by atoms with Crippen LogP contribution in [0.15, 0.2) is 58.7 Å². The number of aromatic nitrogens is 3. The molecule has 0 aliphatic rings. The van der Waals surface area contributed by atoms with E-state index in [0.29, 0.717) is 23.3 Å². The molecule has 0 spiro atoms. The predicted octanol–water partition coefficient (Wildman–Crippen LogP) is 3.45. The Hall–Kier alpha value is -3.32. The van der Waals surface area contributed by atoms with Crippen LogP contribution in [0.3, 0.4) is 0 Å². The molecule has 0 radical (unpaired) electrons. The summed E-state index contributed by atoms with van der Waals surface area (Å²) in [6.45, 7) is 4.05. The Morgan fingerprint density at radius 1 is 1.07 bits per heavy atom. The monoisotopic (exact) mass is 404 g/mol. The largest absolute Gasteiger partial charge is 0.350 e. The van der Waals surface area contributed by atoms with Crippen molar-refractivity contribution in [2.24, 2.45) is 0 Å². The molecule has 0 atom stereocenters. The van der Waals surface area contributed by atoms with Gasteiger partial charge in [-0.1, -0.05) is 36.4 Å². The van der Waals surface area contributed by atoms with E-state index in [1.807, 2.05) is 42.6 Å². The fourth-order valence-electron chi connectivity index (χ4n) is 3.15. The number of fused-ring (bicyclic) bond motifs is 1. The Morgan fingerprint density at radius 2 is 1.83 bits per heavy atom. The van der Waals surface area contributed by atoms with Crippen LogP contribution in [0.25, 0.3) is 22.2 Å². The quantitative estimate of drug-likeness (QED) is 0.553. The van der Waals surface area contributed by atoms with Gasteiger partial charge in [-0.25, -0.2) is 9.97 Å². The molecule has 0 unspecified atom stereocenters. The zero-order valence-electron chi connectivity index (χ0n) is 16.2. The highest BCUT2D eigenvalue weighted by Crippen LogP contribution is 2.21. The highest BCUT2D eigenvalue weighted by Gasteiger charge is 2.11. The van der Waals surface area contributed by atoms with Crippen molar-refractivity contribution in [3.8, 4) is 11.3 Å². The van der Waals surface area contributed by atoms with Crippen LogP contribution in [-0.4, -0.2) is 20.4 Å². The summed E-state index contributed by atoms with van der Waals surface area (Å²) in [5.74, 6) is 0.290. The zero-order valence-corrected chi connectivity index (χ0v) is 17.0. The lowest BCUT2D eigenvalue weighted by molar-refractivity contribution is -0.121. The van der Waals surface area contributed by atoms with Crippen molar-refractivity contribution in [2.75, 3.05) is 0 Å². The molecule has 1 amide bonds. The third kappa shape index (κ3) is 4.09. The van der Waals surface area contributed by atoms with Gasteiger partial charge in [-0.15, -0.1) is 11.3 Å². The van der Waals surface area contributed by atoms with Crippen molar-refractivity contribution >= 4 is 28.1 Å². The van der Waals surface area contributed by atoms with E-state index >= 15 is 0 Å². The van der Waals surface area contributed by atoms with Gasteiger partial charge < -0.3 is 5.32 Å². The molecule has 0 saturated carbocycles. The molecule has 0 bridgehead atoms. The van der Waals surface area contributed by atoms with Crippen LogP contribution in [0, 0.1) is 13.8 Å². The third-order valence-electron chi connectivity index (χ3n) is 4.71. The van der Waals surface area contributed by atoms with E-state index in [9.17, 15) is 9.59 Å². The smallest absolute Gasteiger partial charge is 0.261 e. The average molecular weight is 404 g/mol. The molecule has 6 nitrogen and oxygen atoms in total. The van der Waals surface area contributed by atoms with E-state index in [1.165, 1.54) is 4.57 Å². The highest BCUT2D eigenvalue weighted by molar-refractivity contribution is 7.09. The Kier molecular flexibility index (Phi) is 5.22. The molecule has 4 rings (SSSR count). The predicted molar refractivity (Wildman–Crippen MR) is 115 cm³/mol. The Morgan fingerprint density at radius 3 is 2.55 bits per heavy atom. The maximum Gasteiger partial charge on any atom is 0.261 e. The second-order valence-corrected chi connectivity index (χ2v) is 7.86. The molecule has 4 aromatic rings. The van der Waals surface area contributed by atoms with Gasteiger partial charge in [0.1, 0.15) is 12.4 Å². The summed E-state index contributed by atoms with van der Waals surface area (Å²) < 4.78 is 1.41. The van der Waals surface area contributed by atoms with E-state index in [1.54, 1.807) is 36.5 Å². The summed E-state index contributed by atoms with van der Waals surface area (Å²) in [6.07, 6.45) is 0. The molecule has 0 aliphatic carbocycles. The lowest BCUT2D eigenvalue weighted by Gasteiger charge is -2.11. The number of benzene rings is 2. The first-order valence-corrected chi connectivity index (χ1v) is 10.1. The molecule has 146 valence electrons. The number of hydrogen-bond acceptors (Lipinski definition) is 5. The Labute approximate surface area is 171 Å². The summed E-state index contributed by atoms with van der Waals surface area (Å²) >= 11 is 1.62. The molecule has 0 saturated heterocycles.